The van der Waals surface area contributed by atoms with Crippen LogP contribution in [-0.4, -0.2) is 37.4 Å². The van der Waals surface area contributed by atoms with Crippen LogP contribution >= 0.6 is 0 Å². The SMILES string of the molecule is O=C(O)COCCc1ccc(N2CCCC(c3ccccc3)C2)cc1. The third kappa shape index (κ3) is 5.07. The van der Waals surface area contributed by atoms with Crippen LogP contribution < -0.4 is 4.90 Å². The van der Waals surface area contributed by atoms with E-state index in [4.69, 9.17) is 9.84 Å². The van der Waals surface area contributed by atoms with Crippen molar-refractivity contribution in [3.63, 3.8) is 0 Å². The molecule has 3 rings (SSSR count). The largest absolute Gasteiger partial charge is 0.480 e. The van der Waals surface area contributed by atoms with E-state index in [1.165, 1.54) is 29.7 Å². The molecule has 1 N–H and O–H groups in total. The maximum atomic E-state index is 10.4. The Hall–Kier alpha value is -2.33. The Morgan fingerprint density at radius 2 is 1.88 bits per heavy atom. The van der Waals surface area contributed by atoms with E-state index in [0.29, 0.717) is 12.5 Å². The van der Waals surface area contributed by atoms with Gasteiger partial charge in [0.05, 0.1) is 6.61 Å². The Morgan fingerprint density at radius 3 is 2.60 bits per heavy atom. The van der Waals surface area contributed by atoms with Gasteiger partial charge in [0, 0.05) is 24.7 Å². The Bertz CT molecular complexity index is 669. The first kappa shape index (κ1) is 17.5. The first-order chi connectivity index (χ1) is 12.2. The summed E-state index contributed by atoms with van der Waals surface area (Å²) < 4.78 is 5.10. The van der Waals surface area contributed by atoms with Gasteiger partial charge in [-0.15, -0.1) is 0 Å². The van der Waals surface area contributed by atoms with Gasteiger partial charge in [-0.1, -0.05) is 42.5 Å². The van der Waals surface area contributed by atoms with Crippen LogP contribution in [0.3, 0.4) is 0 Å². The monoisotopic (exact) mass is 339 g/mol. The van der Waals surface area contributed by atoms with Crippen LogP contribution in [-0.2, 0) is 16.0 Å². The highest BCUT2D eigenvalue weighted by atomic mass is 16.5. The van der Waals surface area contributed by atoms with Gasteiger partial charge in [0.25, 0.3) is 0 Å². The van der Waals surface area contributed by atoms with Gasteiger partial charge >= 0.3 is 5.97 Å². The molecular weight excluding hydrogens is 314 g/mol. The second-order valence-electron chi connectivity index (χ2n) is 6.56. The topological polar surface area (TPSA) is 49.8 Å². The van der Waals surface area contributed by atoms with Gasteiger partial charge < -0.3 is 14.7 Å². The standard InChI is InChI=1S/C21H25NO3/c23-21(24)16-25-14-12-17-8-10-20(11-9-17)22-13-4-7-19(15-22)18-5-2-1-3-6-18/h1-3,5-6,8-11,19H,4,7,12-16H2,(H,23,24). The van der Waals surface area contributed by atoms with Gasteiger partial charge in [-0.25, -0.2) is 4.79 Å². The summed E-state index contributed by atoms with van der Waals surface area (Å²) in [6, 6.07) is 19.3. The first-order valence-corrected chi connectivity index (χ1v) is 8.91. The number of aliphatic carboxylic acids is 1. The molecule has 1 saturated heterocycles. The minimum atomic E-state index is -0.923. The summed E-state index contributed by atoms with van der Waals surface area (Å²) in [5.74, 6) is -0.326. The molecule has 2 aromatic carbocycles. The van der Waals surface area contributed by atoms with Gasteiger partial charge in [-0.05, 0) is 42.5 Å². The maximum absolute atomic E-state index is 10.4. The number of piperidine rings is 1. The molecule has 1 atom stereocenters. The molecule has 132 valence electrons. The highest BCUT2D eigenvalue weighted by Gasteiger charge is 2.21. The molecule has 25 heavy (non-hydrogen) atoms. The zero-order chi connectivity index (χ0) is 17.5. The molecule has 1 aliphatic rings. The van der Waals surface area contributed by atoms with Crippen molar-refractivity contribution >= 4 is 11.7 Å². The highest BCUT2D eigenvalue weighted by Crippen LogP contribution is 2.30. The molecule has 1 unspecified atom stereocenters. The van der Waals surface area contributed by atoms with Crippen molar-refractivity contribution < 1.29 is 14.6 Å². The summed E-state index contributed by atoms with van der Waals surface area (Å²) in [6.45, 7) is 2.37. The molecule has 0 radical (unpaired) electrons. The Kier molecular flexibility index (Phi) is 6.07. The number of benzene rings is 2. The Morgan fingerprint density at radius 1 is 1.12 bits per heavy atom. The molecule has 1 heterocycles. The van der Waals surface area contributed by atoms with Crippen LogP contribution in [0.2, 0.25) is 0 Å². The molecule has 1 aliphatic heterocycles. The number of carboxylic acid groups (broad SMARTS) is 1. The second kappa shape index (κ2) is 8.67. The van der Waals surface area contributed by atoms with Crippen LogP contribution in [0.25, 0.3) is 0 Å². The van der Waals surface area contributed by atoms with E-state index >= 15 is 0 Å². The molecule has 0 amide bonds. The number of rotatable bonds is 7. The van der Waals surface area contributed by atoms with E-state index in [2.05, 4.69) is 59.5 Å². The molecule has 4 heteroatoms. The van der Waals surface area contributed by atoms with Crippen LogP contribution in [0.5, 0.6) is 0 Å². The van der Waals surface area contributed by atoms with Crippen LogP contribution in [0.15, 0.2) is 54.6 Å². The average molecular weight is 339 g/mol. The second-order valence-corrected chi connectivity index (χ2v) is 6.56. The number of carbonyl (C=O) groups is 1. The zero-order valence-electron chi connectivity index (χ0n) is 14.4. The van der Waals surface area contributed by atoms with Gasteiger partial charge in [0.1, 0.15) is 6.61 Å². The van der Waals surface area contributed by atoms with Gasteiger partial charge in [-0.2, -0.15) is 0 Å². The van der Waals surface area contributed by atoms with Crippen molar-refractivity contribution in [2.45, 2.75) is 25.2 Å². The number of nitrogens with zero attached hydrogens (tertiary/aromatic N) is 1. The lowest BCUT2D eigenvalue weighted by molar-refractivity contribution is -0.142. The molecular formula is C21H25NO3. The fraction of sp³-hybridized carbons (Fsp3) is 0.381. The number of anilines is 1. The van der Waals surface area contributed by atoms with Crippen molar-refractivity contribution in [1.29, 1.82) is 0 Å². The van der Waals surface area contributed by atoms with Crippen LogP contribution in [0.4, 0.5) is 5.69 Å². The van der Waals surface area contributed by atoms with Crippen molar-refractivity contribution in [3.8, 4) is 0 Å². The molecule has 0 spiro atoms. The zero-order valence-corrected chi connectivity index (χ0v) is 14.4. The lowest BCUT2D eigenvalue weighted by atomic mass is 9.90. The van der Waals surface area contributed by atoms with E-state index in [-0.39, 0.29) is 6.61 Å². The third-order valence-corrected chi connectivity index (χ3v) is 4.75. The molecule has 4 nitrogen and oxygen atoms in total. The fourth-order valence-electron chi connectivity index (χ4n) is 3.43. The summed E-state index contributed by atoms with van der Waals surface area (Å²) in [4.78, 5) is 12.9. The predicted octanol–water partition coefficient (Wildman–Crippen LogP) is 3.71. The number of hydrogen-bond acceptors (Lipinski definition) is 3. The number of ether oxygens (including phenoxy) is 1. The minimum Gasteiger partial charge on any atom is -0.480 e. The van der Waals surface area contributed by atoms with Gasteiger partial charge in [0.2, 0.25) is 0 Å². The van der Waals surface area contributed by atoms with E-state index in [1.54, 1.807) is 0 Å². The first-order valence-electron chi connectivity index (χ1n) is 8.91. The quantitative estimate of drug-likeness (QED) is 0.781. The van der Waals surface area contributed by atoms with Crippen molar-refractivity contribution in [2.24, 2.45) is 0 Å². The van der Waals surface area contributed by atoms with Crippen molar-refractivity contribution in [3.05, 3.63) is 65.7 Å². The predicted molar refractivity (Wildman–Crippen MR) is 99.2 cm³/mol. The molecule has 0 saturated carbocycles. The summed E-state index contributed by atoms with van der Waals surface area (Å²) in [5.41, 5.74) is 3.86. The summed E-state index contributed by atoms with van der Waals surface area (Å²) in [5, 5.41) is 8.56. The van der Waals surface area contributed by atoms with Crippen molar-refractivity contribution in [1.82, 2.24) is 0 Å². The maximum Gasteiger partial charge on any atom is 0.329 e. The summed E-state index contributed by atoms with van der Waals surface area (Å²) in [7, 11) is 0. The summed E-state index contributed by atoms with van der Waals surface area (Å²) >= 11 is 0. The lowest BCUT2D eigenvalue weighted by Crippen LogP contribution is -2.34. The molecule has 0 aromatic heterocycles. The van der Waals surface area contributed by atoms with Gasteiger partial charge in [0.15, 0.2) is 0 Å². The fourth-order valence-corrected chi connectivity index (χ4v) is 3.43. The Labute approximate surface area is 149 Å². The third-order valence-electron chi connectivity index (χ3n) is 4.75. The molecule has 1 fully saturated rings. The molecule has 0 bridgehead atoms. The van der Waals surface area contributed by atoms with Crippen molar-refractivity contribution in [2.75, 3.05) is 31.2 Å². The smallest absolute Gasteiger partial charge is 0.329 e. The minimum absolute atomic E-state index is 0.229. The molecule has 0 aliphatic carbocycles. The lowest BCUT2D eigenvalue weighted by Gasteiger charge is -2.34. The van der Waals surface area contributed by atoms with Crippen LogP contribution in [0, 0.1) is 0 Å². The van der Waals surface area contributed by atoms with E-state index in [9.17, 15) is 4.79 Å². The average Bonchev–Trinajstić information content (AvgIpc) is 2.66. The molecule has 2 aromatic rings. The number of hydrogen-bond donors (Lipinski definition) is 1. The van der Waals surface area contributed by atoms with E-state index in [1.807, 2.05) is 0 Å². The van der Waals surface area contributed by atoms with E-state index < -0.39 is 5.97 Å². The Balaban J connectivity index is 1.55. The summed E-state index contributed by atoms with van der Waals surface area (Å²) in [6.07, 6.45) is 3.20. The van der Waals surface area contributed by atoms with Crippen LogP contribution in [0.1, 0.15) is 29.9 Å². The highest BCUT2D eigenvalue weighted by molar-refractivity contribution is 5.67. The van der Waals surface area contributed by atoms with Gasteiger partial charge in [-0.3, -0.25) is 0 Å². The van der Waals surface area contributed by atoms with E-state index in [0.717, 1.165) is 19.5 Å². The number of carboxylic acids is 1. The normalized spacial score (nSPS) is 17.4.